The van der Waals surface area contributed by atoms with Crippen molar-refractivity contribution in [2.75, 3.05) is 20.1 Å². The first-order valence-corrected chi connectivity index (χ1v) is 8.87. The Morgan fingerprint density at radius 2 is 1.73 bits per heavy atom. The summed E-state index contributed by atoms with van der Waals surface area (Å²) in [5, 5.41) is 6.36. The van der Waals surface area contributed by atoms with Crippen molar-refractivity contribution in [2.24, 2.45) is 4.99 Å². The molecule has 0 aliphatic carbocycles. The molecule has 1 aliphatic heterocycles. The fourth-order valence-electron chi connectivity index (χ4n) is 2.70. The van der Waals surface area contributed by atoms with Crippen molar-refractivity contribution in [3.05, 3.63) is 57.3 Å². The first-order valence-electron chi connectivity index (χ1n) is 8.05. The molecule has 26 heavy (non-hydrogen) atoms. The molecule has 0 spiro atoms. The smallest absolute Gasteiger partial charge is 0.261 e. The summed E-state index contributed by atoms with van der Waals surface area (Å²) in [4.78, 5) is 32.5. The second-order valence-electron chi connectivity index (χ2n) is 5.67. The summed E-state index contributed by atoms with van der Waals surface area (Å²) < 4.78 is 0. The first kappa shape index (κ1) is 20.4. The average molecular weight is 484 g/mol. The zero-order valence-corrected chi connectivity index (χ0v) is 17.8. The minimum absolute atomic E-state index is 0. The molecule has 2 aromatic rings. The van der Waals surface area contributed by atoms with Crippen LogP contribution in [0, 0.1) is 6.92 Å². The summed E-state index contributed by atoms with van der Waals surface area (Å²) in [5.41, 5.74) is 0.950. The molecule has 1 aliphatic rings. The summed E-state index contributed by atoms with van der Waals surface area (Å²) >= 11 is 1.74. The van der Waals surface area contributed by atoms with Crippen LogP contribution in [0.5, 0.6) is 0 Å². The number of aryl methyl sites for hydroxylation is 1. The highest BCUT2D eigenvalue weighted by Crippen LogP contribution is 2.21. The normalized spacial score (nSPS) is 13.5. The largest absolute Gasteiger partial charge is 0.355 e. The third kappa shape index (κ3) is 4.42. The van der Waals surface area contributed by atoms with Crippen LogP contribution in [0.1, 0.15) is 30.5 Å². The van der Waals surface area contributed by atoms with Crippen LogP contribution in [-0.2, 0) is 6.54 Å². The zero-order valence-electron chi connectivity index (χ0n) is 14.6. The van der Waals surface area contributed by atoms with Crippen LogP contribution >= 0.6 is 35.3 Å². The van der Waals surface area contributed by atoms with Crippen molar-refractivity contribution in [1.29, 1.82) is 0 Å². The van der Waals surface area contributed by atoms with Gasteiger partial charge in [0, 0.05) is 29.9 Å². The van der Waals surface area contributed by atoms with E-state index in [1.807, 2.05) is 0 Å². The van der Waals surface area contributed by atoms with E-state index in [-0.39, 0.29) is 35.8 Å². The second-order valence-corrected chi connectivity index (χ2v) is 7.04. The minimum atomic E-state index is -0.237. The van der Waals surface area contributed by atoms with Gasteiger partial charge in [-0.2, -0.15) is 0 Å². The fourth-order valence-corrected chi connectivity index (χ4v) is 3.53. The van der Waals surface area contributed by atoms with Gasteiger partial charge in [-0.15, -0.1) is 35.3 Å². The van der Waals surface area contributed by atoms with Gasteiger partial charge >= 0.3 is 0 Å². The number of carbonyl (C=O) groups is 2. The van der Waals surface area contributed by atoms with Crippen LogP contribution in [0.25, 0.3) is 0 Å². The number of nitrogens with zero attached hydrogens (tertiary/aromatic N) is 2. The van der Waals surface area contributed by atoms with Gasteiger partial charge < -0.3 is 10.6 Å². The van der Waals surface area contributed by atoms with Gasteiger partial charge in [0.2, 0.25) is 0 Å². The molecule has 138 valence electrons. The average Bonchev–Trinajstić information content (AvgIpc) is 3.14. The van der Waals surface area contributed by atoms with E-state index in [1.54, 1.807) is 42.6 Å². The van der Waals surface area contributed by atoms with E-state index in [0.29, 0.717) is 36.7 Å². The molecular formula is C18H21IN4O2S. The number of halogens is 1. The Bertz CT molecular complexity index is 799. The molecule has 2 amide bonds. The summed E-state index contributed by atoms with van der Waals surface area (Å²) in [6.45, 7) is 3.49. The van der Waals surface area contributed by atoms with E-state index >= 15 is 0 Å². The quantitative estimate of drug-likeness (QED) is 0.296. The van der Waals surface area contributed by atoms with Gasteiger partial charge in [0.15, 0.2) is 5.96 Å². The maximum atomic E-state index is 12.3. The standard InChI is InChI=1S/C18H20N4O2S.HI/c1-12-7-8-13(25-12)11-21-18(19-2)20-9-10-22-16(23)14-5-3-4-6-15(14)17(22)24;/h3-8H,9-11H2,1-2H3,(H2,19,20,21);1H. The van der Waals surface area contributed by atoms with Crippen LogP contribution in [0.15, 0.2) is 41.4 Å². The van der Waals surface area contributed by atoms with Crippen molar-refractivity contribution in [3.8, 4) is 0 Å². The Morgan fingerprint density at radius 1 is 1.08 bits per heavy atom. The summed E-state index contributed by atoms with van der Waals surface area (Å²) in [6.07, 6.45) is 0. The summed E-state index contributed by atoms with van der Waals surface area (Å²) in [6, 6.07) is 11.1. The predicted octanol–water partition coefficient (Wildman–Crippen LogP) is 2.64. The first-order chi connectivity index (χ1) is 12.1. The number of rotatable bonds is 5. The van der Waals surface area contributed by atoms with E-state index in [0.717, 1.165) is 0 Å². The third-order valence-electron chi connectivity index (χ3n) is 3.96. The number of benzene rings is 1. The van der Waals surface area contributed by atoms with E-state index in [4.69, 9.17) is 0 Å². The van der Waals surface area contributed by atoms with E-state index < -0.39 is 0 Å². The number of hydrogen-bond donors (Lipinski definition) is 2. The molecule has 2 heterocycles. The van der Waals surface area contributed by atoms with Gasteiger partial charge in [-0.25, -0.2) is 0 Å². The molecule has 0 saturated carbocycles. The Hall–Kier alpha value is -1.94. The van der Waals surface area contributed by atoms with Crippen LogP contribution in [0.2, 0.25) is 0 Å². The molecule has 0 bridgehead atoms. The number of fused-ring (bicyclic) bond motifs is 1. The number of guanidine groups is 1. The minimum Gasteiger partial charge on any atom is -0.355 e. The number of hydrogen-bond acceptors (Lipinski definition) is 4. The maximum absolute atomic E-state index is 12.3. The van der Waals surface area contributed by atoms with Crippen LogP contribution in [0.4, 0.5) is 0 Å². The maximum Gasteiger partial charge on any atom is 0.261 e. The molecule has 6 nitrogen and oxygen atoms in total. The number of aliphatic imine (C=N–C) groups is 1. The van der Waals surface area contributed by atoms with Crippen molar-refractivity contribution >= 4 is 53.1 Å². The van der Waals surface area contributed by atoms with Gasteiger partial charge in [0.1, 0.15) is 0 Å². The van der Waals surface area contributed by atoms with Crippen molar-refractivity contribution < 1.29 is 9.59 Å². The highest BCUT2D eigenvalue weighted by atomic mass is 127. The number of imide groups is 1. The van der Waals surface area contributed by atoms with Gasteiger partial charge in [-0.1, -0.05) is 12.1 Å². The Morgan fingerprint density at radius 3 is 2.27 bits per heavy atom. The lowest BCUT2D eigenvalue weighted by atomic mass is 10.1. The summed E-state index contributed by atoms with van der Waals surface area (Å²) in [7, 11) is 1.69. The Balaban J connectivity index is 0.00000243. The lowest BCUT2D eigenvalue weighted by Gasteiger charge is -2.16. The SMILES string of the molecule is CN=C(NCCN1C(=O)c2ccccc2C1=O)NCc1ccc(C)s1.I. The Kier molecular flexibility index (Phi) is 7.15. The van der Waals surface area contributed by atoms with Gasteiger partial charge in [0.25, 0.3) is 11.8 Å². The third-order valence-corrected chi connectivity index (χ3v) is 4.96. The molecule has 0 unspecified atom stereocenters. The molecule has 0 fully saturated rings. The monoisotopic (exact) mass is 484 g/mol. The van der Waals surface area contributed by atoms with Crippen LogP contribution in [0.3, 0.4) is 0 Å². The fraction of sp³-hybridized carbons (Fsp3) is 0.278. The number of carbonyl (C=O) groups excluding carboxylic acids is 2. The van der Waals surface area contributed by atoms with E-state index in [9.17, 15) is 9.59 Å². The van der Waals surface area contributed by atoms with E-state index in [2.05, 4.69) is 34.7 Å². The Labute approximate surface area is 173 Å². The number of thiophene rings is 1. The summed E-state index contributed by atoms with van der Waals surface area (Å²) in [5.74, 6) is 0.168. The van der Waals surface area contributed by atoms with E-state index in [1.165, 1.54) is 14.7 Å². The second kappa shape index (κ2) is 9.13. The molecule has 3 rings (SSSR count). The molecule has 0 radical (unpaired) electrons. The van der Waals surface area contributed by atoms with Gasteiger partial charge in [-0.3, -0.25) is 19.5 Å². The highest BCUT2D eigenvalue weighted by Gasteiger charge is 2.34. The number of nitrogens with one attached hydrogen (secondary N) is 2. The lowest BCUT2D eigenvalue weighted by Crippen LogP contribution is -2.42. The van der Waals surface area contributed by atoms with Crippen molar-refractivity contribution in [2.45, 2.75) is 13.5 Å². The zero-order chi connectivity index (χ0) is 17.8. The van der Waals surface area contributed by atoms with Crippen molar-refractivity contribution in [1.82, 2.24) is 15.5 Å². The van der Waals surface area contributed by atoms with Gasteiger partial charge in [-0.05, 0) is 31.2 Å². The van der Waals surface area contributed by atoms with Crippen LogP contribution < -0.4 is 10.6 Å². The molecule has 8 heteroatoms. The predicted molar refractivity (Wildman–Crippen MR) is 114 cm³/mol. The molecular weight excluding hydrogens is 463 g/mol. The van der Waals surface area contributed by atoms with Crippen LogP contribution in [-0.4, -0.2) is 42.8 Å². The van der Waals surface area contributed by atoms with Crippen molar-refractivity contribution in [3.63, 3.8) is 0 Å². The number of amides is 2. The molecule has 1 aromatic heterocycles. The molecule has 1 aromatic carbocycles. The lowest BCUT2D eigenvalue weighted by molar-refractivity contribution is 0.0657. The van der Waals surface area contributed by atoms with Gasteiger partial charge in [0.05, 0.1) is 17.7 Å². The molecule has 0 atom stereocenters. The molecule has 2 N–H and O–H groups in total. The highest BCUT2D eigenvalue weighted by molar-refractivity contribution is 14.0. The molecule has 0 saturated heterocycles. The topological polar surface area (TPSA) is 73.8 Å².